The largest absolute Gasteiger partial charge is 0.465 e. The Hall–Kier alpha value is -2.30. The number of rotatable bonds is 6. The lowest BCUT2D eigenvalue weighted by molar-refractivity contribution is -0.143. The number of carbonyl (C=O) groups is 3. The lowest BCUT2D eigenvalue weighted by Gasteiger charge is -2.24. The fraction of sp³-hybridized carbons (Fsp3) is 0.438. The summed E-state index contributed by atoms with van der Waals surface area (Å²) in [6, 6.07) is 2.39. The highest BCUT2D eigenvalue weighted by Gasteiger charge is 2.37. The number of halogens is 4. The first-order valence-electron chi connectivity index (χ1n) is 7.83. The van der Waals surface area contributed by atoms with Gasteiger partial charge in [-0.2, -0.15) is 13.2 Å². The predicted molar refractivity (Wildman–Crippen MR) is 88.0 cm³/mol. The molecular formula is C16H16F4N2O4S. The zero-order valence-electron chi connectivity index (χ0n) is 14.1. The van der Waals surface area contributed by atoms with Gasteiger partial charge in [-0.05, 0) is 24.6 Å². The van der Waals surface area contributed by atoms with Gasteiger partial charge in [-0.15, -0.1) is 11.8 Å². The number of thioether (sulfide) groups is 1. The van der Waals surface area contributed by atoms with E-state index in [1.54, 1.807) is 6.92 Å². The van der Waals surface area contributed by atoms with Crippen molar-refractivity contribution in [2.75, 3.05) is 25.4 Å². The summed E-state index contributed by atoms with van der Waals surface area (Å²) in [6.45, 7) is 0.963. The van der Waals surface area contributed by atoms with Gasteiger partial charge in [0.1, 0.15) is 24.3 Å². The minimum atomic E-state index is -4.83. The van der Waals surface area contributed by atoms with Crippen molar-refractivity contribution in [3.05, 3.63) is 35.1 Å². The third kappa shape index (κ3) is 5.34. The van der Waals surface area contributed by atoms with Crippen LogP contribution in [0.15, 0.2) is 18.2 Å². The van der Waals surface area contributed by atoms with Crippen molar-refractivity contribution in [3.8, 4) is 0 Å². The van der Waals surface area contributed by atoms with E-state index in [1.165, 1.54) is 0 Å². The van der Waals surface area contributed by atoms with Crippen LogP contribution in [0.3, 0.4) is 0 Å². The van der Waals surface area contributed by atoms with Crippen LogP contribution in [0.4, 0.5) is 17.6 Å². The number of hydrogen-bond donors (Lipinski definition) is 1. The molecule has 148 valence electrons. The summed E-state index contributed by atoms with van der Waals surface area (Å²) in [5, 5.41) is 1.48. The minimum absolute atomic E-state index is 0.00152. The van der Waals surface area contributed by atoms with E-state index in [2.05, 4.69) is 10.1 Å². The summed E-state index contributed by atoms with van der Waals surface area (Å²) in [6.07, 6.45) is -4.83. The molecule has 1 unspecified atom stereocenters. The van der Waals surface area contributed by atoms with Crippen molar-refractivity contribution in [1.82, 2.24) is 10.2 Å². The SMILES string of the molecule is CCOC(=O)CNC(=O)CN1C(=O)CSC1c1ccc(C(F)(F)F)c(F)c1. The van der Waals surface area contributed by atoms with Crippen LogP contribution >= 0.6 is 11.8 Å². The van der Waals surface area contributed by atoms with E-state index < -0.39 is 47.3 Å². The number of benzene rings is 1. The van der Waals surface area contributed by atoms with Crippen LogP contribution in [0.2, 0.25) is 0 Å². The van der Waals surface area contributed by atoms with E-state index in [-0.39, 0.29) is 24.5 Å². The molecule has 0 aliphatic carbocycles. The Kier molecular flexibility index (Phi) is 6.68. The molecule has 1 aromatic carbocycles. The summed E-state index contributed by atoms with van der Waals surface area (Å²) in [5.41, 5.74) is -1.27. The topological polar surface area (TPSA) is 75.7 Å². The van der Waals surface area contributed by atoms with Crippen LogP contribution in [-0.2, 0) is 25.3 Å². The molecule has 2 amide bonds. The van der Waals surface area contributed by atoms with Gasteiger partial charge in [0.05, 0.1) is 17.9 Å². The molecule has 0 bridgehead atoms. The second kappa shape index (κ2) is 8.59. The number of amides is 2. The number of ether oxygens (including phenoxy) is 1. The molecule has 1 atom stereocenters. The Morgan fingerprint density at radius 3 is 2.67 bits per heavy atom. The Bertz CT molecular complexity index is 742. The monoisotopic (exact) mass is 408 g/mol. The Morgan fingerprint density at radius 1 is 1.37 bits per heavy atom. The maximum Gasteiger partial charge on any atom is 0.419 e. The molecule has 2 rings (SSSR count). The number of hydrogen-bond acceptors (Lipinski definition) is 5. The van der Waals surface area contributed by atoms with Crippen molar-refractivity contribution >= 4 is 29.5 Å². The van der Waals surface area contributed by atoms with Crippen LogP contribution in [0.25, 0.3) is 0 Å². The molecule has 27 heavy (non-hydrogen) atoms. The third-order valence-corrected chi connectivity index (χ3v) is 4.86. The van der Waals surface area contributed by atoms with Gasteiger partial charge < -0.3 is 15.0 Å². The van der Waals surface area contributed by atoms with E-state index in [0.29, 0.717) is 12.1 Å². The highest BCUT2D eigenvalue weighted by molar-refractivity contribution is 8.00. The molecule has 0 saturated carbocycles. The van der Waals surface area contributed by atoms with Crippen molar-refractivity contribution < 1.29 is 36.7 Å². The first-order valence-corrected chi connectivity index (χ1v) is 8.88. The van der Waals surface area contributed by atoms with E-state index in [0.717, 1.165) is 22.7 Å². The highest BCUT2D eigenvalue weighted by Crippen LogP contribution is 2.40. The van der Waals surface area contributed by atoms with E-state index >= 15 is 0 Å². The van der Waals surface area contributed by atoms with Crippen molar-refractivity contribution in [1.29, 1.82) is 0 Å². The average Bonchev–Trinajstić information content (AvgIpc) is 2.93. The summed E-state index contributed by atoms with van der Waals surface area (Å²) in [4.78, 5) is 36.3. The van der Waals surface area contributed by atoms with Gasteiger partial charge in [0, 0.05) is 0 Å². The summed E-state index contributed by atoms with van der Waals surface area (Å²) >= 11 is 1.07. The maximum atomic E-state index is 13.8. The van der Waals surface area contributed by atoms with Crippen LogP contribution in [-0.4, -0.2) is 48.1 Å². The van der Waals surface area contributed by atoms with Gasteiger partial charge >= 0.3 is 12.1 Å². The highest BCUT2D eigenvalue weighted by atomic mass is 32.2. The van der Waals surface area contributed by atoms with Gasteiger partial charge in [0.15, 0.2) is 0 Å². The molecule has 1 N–H and O–H groups in total. The molecule has 1 fully saturated rings. The zero-order valence-corrected chi connectivity index (χ0v) is 15.0. The summed E-state index contributed by atoms with van der Waals surface area (Å²) < 4.78 is 56.5. The Balaban J connectivity index is 2.08. The molecular weight excluding hydrogens is 392 g/mol. The van der Waals surface area contributed by atoms with Crippen molar-refractivity contribution in [2.24, 2.45) is 0 Å². The van der Waals surface area contributed by atoms with Crippen LogP contribution in [0.1, 0.15) is 23.4 Å². The molecule has 1 aliphatic heterocycles. The maximum absolute atomic E-state index is 13.8. The Labute approximate surface area is 156 Å². The van der Waals surface area contributed by atoms with Gasteiger partial charge in [-0.25, -0.2) is 4.39 Å². The van der Waals surface area contributed by atoms with E-state index in [1.807, 2.05) is 0 Å². The Morgan fingerprint density at radius 2 is 2.07 bits per heavy atom. The molecule has 0 radical (unpaired) electrons. The molecule has 6 nitrogen and oxygen atoms in total. The fourth-order valence-electron chi connectivity index (χ4n) is 2.41. The normalized spacial score (nSPS) is 17.1. The molecule has 1 saturated heterocycles. The first-order chi connectivity index (χ1) is 12.6. The molecule has 1 heterocycles. The second-order valence-electron chi connectivity index (χ2n) is 5.50. The standard InChI is InChI=1S/C16H16F4N2O4S/c1-2-26-14(25)6-21-12(23)7-22-13(24)8-27-15(22)9-3-4-10(11(17)5-9)16(18,19)20/h3-5,15H,2,6-8H2,1H3,(H,21,23). The van der Waals surface area contributed by atoms with Crippen LogP contribution in [0, 0.1) is 5.82 Å². The van der Waals surface area contributed by atoms with Crippen LogP contribution < -0.4 is 5.32 Å². The predicted octanol–water partition coefficient (Wildman–Crippen LogP) is 2.10. The summed E-state index contributed by atoms with van der Waals surface area (Å²) in [5.74, 6) is -3.16. The quantitative estimate of drug-likeness (QED) is 0.576. The van der Waals surface area contributed by atoms with Crippen molar-refractivity contribution in [3.63, 3.8) is 0 Å². The fourth-order valence-corrected chi connectivity index (χ4v) is 3.59. The lowest BCUT2D eigenvalue weighted by atomic mass is 10.1. The smallest absolute Gasteiger partial charge is 0.419 e. The van der Waals surface area contributed by atoms with Gasteiger partial charge in [-0.3, -0.25) is 14.4 Å². The second-order valence-corrected chi connectivity index (χ2v) is 6.57. The molecule has 0 aromatic heterocycles. The lowest BCUT2D eigenvalue weighted by Crippen LogP contribution is -2.41. The molecule has 1 aliphatic rings. The van der Waals surface area contributed by atoms with Gasteiger partial charge in [-0.1, -0.05) is 6.07 Å². The van der Waals surface area contributed by atoms with Crippen LogP contribution in [0.5, 0.6) is 0 Å². The van der Waals surface area contributed by atoms with Gasteiger partial charge in [0.2, 0.25) is 11.8 Å². The molecule has 1 aromatic rings. The average molecular weight is 408 g/mol. The van der Waals surface area contributed by atoms with E-state index in [9.17, 15) is 31.9 Å². The molecule has 11 heteroatoms. The number of carbonyl (C=O) groups excluding carboxylic acids is 3. The number of nitrogens with zero attached hydrogens (tertiary/aromatic N) is 1. The summed E-state index contributed by atoms with van der Waals surface area (Å²) in [7, 11) is 0. The number of nitrogens with one attached hydrogen (secondary N) is 1. The number of alkyl halides is 3. The van der Waals surface area contributed by atoms with E-state index in [4.69, 9.17) is 0 Å². The third-order valence-electron chi connectivity index (χ3n) is 3.60. The number of esters is 1. The molecule has 0 spiro atoms. The minimum Gasteiger partial charge on any atom is -0.465 e. The van der Waals surface area contributed by atoms with Gasteiger partial charge in [0.25, 0.3) is 0 Å². The first kappa shape index (κ1) is 21.0. The zero-order chi connectivity index (χ0) is 20.2. The van der Waals surface area contributed by atoms with Crippen molar-refractivity contribution in [2.45, 2.75) is 18.5 Å².